The molecule has 6 nitrogen and oxygen atoms in total. The molecule has 2 aromatic rings. The van der Waals surface area contributed by atoms with E-state index in [4.69, 9.17) is 0 Å². The summed E-state index contributed by atoms with van der Waals surface area (Å²) in [6.07, 6.45) is 4.63. The maximum Gasteiger partial charge on any atom is 0.270 e. The number of benzene rings is 1. The first-order chi connectivity index (χ1) is 13.6. The number of likely N-dealkylation sites (tertiary alicyclic amines) is 1. The van der Waals surface area contributed by atoms with E-state index in [0.29, 0.717) is 43.8 Å². The maximum atomic E-state index is 13.4. The highest BCUT2D eigenvalue weighted by Crippen LogP contribution is 2.18. The first-order valence-electron chi connectivity index (χ1n) is 10.2. The minimum Gasteiger partial charge on any atom is -0.351 e. The number of fused-ring (bicyclic) bond motifs is 1. The molecule has 1 aromatic carbocycles. The fourth-order valence-corrected chi connectivity index (χ4v) is 4.11. The van der Waals surface area contributed by atoms with Crippen LogP contribution in [0, 0.1) is 5.82 Å². The Kier molecular flexibility index (Phi) is 5.62. The Labute approximate surface area is 164 Å². The molecule has 0 spiro atoms. The van der Waals surface area contributed by atoms with Crippen molar-refractivity contribution < 1.29 is 14.0 Å². The van der Waals surface area contributed by atoms with Crippen molar-refractivity contribution in [2.24, 2.45) is 0 Å². The number of aromatic amines is 1. The molecule has 2 saturated heterocycles. The lowest BCUT2D eigenvalue weighted by molar-refractivity contribution is -0.132. The van der Waals surface area contributed by atoms with Gasteiger partial charge in [0, 0.05) is 50.2 Å². The summed E-state index contributed by atoms with van der Waals surface area (Å²) < 4.78 is 13.4. The number of carbonyl (C=O) groups excluding carboxylic acids is 2. The molecule has 28 heavy (non-hydrogen) atoms. The Bertz CT molecular complexity index is 849. The van der Waals surface area contributed by atoms with Crippen molar-refractivity contribution >= 4 is 22.7 Å². The molecule has 2 amide bonds. The van der Waals surface area contributed by atoms with E-state index >= 15 is 0 Å². The molecule has 1 N–H and O–H groups in total. The third-order valence-corrected chi connectivity index (χ3v) is 5.79. The Balaban J connectivity index is 1.31. The summed E-state index contributed by atoms with van der Waals surface area (Å²) in [5.41, 5.74) is 1.24. The summed E-state index contributed by atoms with van der Waals surface area (Å²) in [5, 5.41) is 0.699. The monoisotopic (exact) mass is 386 g/mol. The standard InChI is InChI=1S/C21H27FN4O2/c22-17-5-6-18-16(13-17)14-19(23-18)21(28)26-11-9-24(10-12-26)15-20(27)25-7-3-1-2-4-8-25/h5-6,13-14,23H,1-4,7-12,15H2. The fourth-order valence-electron chi connectivity index (χ4n) is 4.11. The van der Waals surface area contributed by atoms with Crippen LogP contribution >= 0.6 is 0 Å². The van der Waals surface area contributed by atoms with Crippen LogP contribution in [-0.2, 0) is 4.79 Å². The predicted octanol–water partition coefficient (Wildman–Crippen LogP) is 2.47. The van der Waals surface area contributed by atoms with Crippen LogP contribution in [0.25, 0.3) is 10.9 Å². The maximum absolute atomic E-state index is 13.4. The molecule has 3 heterocycles. The number of nitrogens with zero attached hydrogens (tertiary/aromatic N) is 3. The molecule has 0 radical (unpaired) electrons. The minimum absolute atomic E-state index is 0.0740. The molecule has 2 aliphatic heterocycles. The number of rotatable bonds is 3. The van der Waals surface area contributed by atoms with E-state index in [2.05, 4.69) is 9.88 Å². The van der Waals surface area contributed by atoms with Gasteiger partial charge >= 0.3 is 0 Å². The summed E-state index contributed by atoms with van der Waals surface area (Å²) in [7, 11) is 0. The van der Waals surface area contributed by atoms with Gasteiger partial charge in [0.25, 0.3) is 5.91 Å². The van der Waals surface area contributed by atoms with Crippen molar-refractivity contribution in [1.29, 1.82) is 0 Å². The number of carbonyl (C=O) groups is 2. The third-order valence-electron chi connectivity index (χ3n) is 5.79. The van der Waals surface area contributed by atoms with Crippen LogP contribution in [0.2, 0.25) is 0 Å². The van der Waals surface area contributed by atoms with Crippen LogP contribution in [0.1, 0.15) is 36.2 Å². The van der Waals surface area contributed by atoms with E-state index in [9.17, 15) is 14.0 Å². The lowest BCUT2D eigenvalue weighted by atomic mass is 10.2. The van der Waals surface area contributed by atoms with E-state index < -0.39 is 0 Å². The number of piperazine rings is 1. The van der Waals surface area contributed by atoms with Gasteiger partial charge in [0.1, 0.15) is 11.5 Å². The number of nitrogens with one attached hydrogen (secondary N) is 1. The van der Waals surface area contributed by atoms with Gasteiger partial charge in [-0.15, -0.1) is 0 Å². The van der Waals surface area contributed by atoms with Crippen molar-refractivity contribution in [3.63, 3.8) is 0 Å². The van der Waals surface area contributed by atoms with E-state index in [-0.39, 0.29) is 17.6 Å². The molecule has 1 aromatic heterocycles. The highest BCUT2D eigenvalue weighted by Gasteiger charge is 2.26. The van der Waals surface area contributed by atoms with Crippen molar-refractivity contribution in [1.82, 2.24) is 19.7 Å². The van der Waals surface area contributed by atoms with Gasteiger partial charge in [-0.25, -0.2) is 4.39 Å². The highest BCUT2D eigenvalue weighted by molar-refractivity contribution is 5.98. The average Bonchev–Trinajstić information content (AvgIpc) is 2.92. The van der Waals surface area contributed by atoms with Crippen LogP contribution in [0.3, 0.4) is 0 Å². The Hall–Kier alpha value is -2.41. The average molecular weight is 386 g/mol. The third kappa shape index (κ3) is 4.19. The first kappa shape index (κ1) is 18.9. The minimum atomic E-state index is -0.312. The van der Waals surface area contributed by atoms with Gasteiger partial charge in [-0.2, -0.15) is 0 Å². The van der Waals surface area contributed by atoms with Crippen LogP contribution in [0.4, 0.5) is 4.39 Å². The SMILES string of the molecule is O=C(CN1CCN(C(=O)c2cc3cc(F)ccc3[nH]2)CC1)N1CCCCCC1. The zero-order chi connectivity index (χ0) is 19.5. The summed E-state index contributed by atoms with van der Waals surface area (Å²) >= 11 is 0. The number of hydrogen-bond acceptors (Lipinski definition) is 3. The van der Waals surface area contributed by atoms with Gasteiger partial charge < -0.3 is 14.8 Å². The Morgan fingerprint density at radius 1 is 0.893 bits per heavy atom. The molecular formula is C21H27FN4O2. The molecule has 150 valence electrons. The second-order valence-electron chi connectivity index (χ2n) is 7.78. The molecule has 0 aliphatic carbocycles. The second kappa shape index (κ2) is 8.31. The summed E-state index contributed by atoms with van der Waals surface area (Å²) in [5.74, 6) is -0.178. The molecular weight excluding hydrogens is 359 g/mol. The lowest BCUT2D eigenvalue weighted by Gasteiger charge is -2.35. The van der Waals surface area contributed by atoms with Gasteiger partial charge in [0.05, 0.1) is 6.54 Å². The fraction of sp³-hybridized carbons (Fsp3) is 0.524. The smallest absolute Gasteiger partial charge is 0.270 e. The summed E-state index contributed by atoms with van der Waals surface area (Å²) in [4.78, 5) is 34.3. The molecule has 0 unspecified atom stereocenters. The molecule has 4 rings (SSSR count). The van der Waals surface area contributed by atoms with Gasteiger partial charge in [-0.05, 0) is 37.1 Å². The number of hydrogen-bond donors (Lipinski definition) is 1. The van der Waals surface area contributed by atoms with Crippen LogP contribution in [-0.4, -0.2) is 77.3 Å². The van der Waals surface area contributed by atoms with Gasteiger partial charge in [-0.1, -0.05) is 12.8 Å². The normalized spacial score (nSPS) is 19.0. The van der Waals surface area contributed by atoms with Gasteiger partial charge in [-0.3, -0.25) is 14.5 Å². The molecule has 0 saturated carbocycles. The molecule has 2 aliphatic rings. The predicted molar refractivity (Wildman–Crippen MR) is 106 cm³/mol. The zero-order valence-electron chi connectivity index (χ0n) is 16.1. The Morgan fingerprint density at radius 2 is 1.61 bits per heavy atom. The Morgan fingerprint density at radius 3 is 2.32 bits per heavy atom. The van der Waals surface area contributed by atoms with E-state index in [1.165, 1.54) is 25.0 Å². The van der Waals surface area contributed by atoms with E-state index in [1.54, 1.807) is 17.0 Å². The molecule has 0 bridgehead atoms. The number of aromatic nitrogens is 1. The van der Waals surface area contributed by atoms with Crippen LogP contribution < -0.4 is 0 Å². The van der Waals surface area contributed by atoms with Crippen molar-refractivity contribution in [3.8, 4) is 0 Å². The first-order valence-corrected chi connectivity index (χ1v) is 10.2. The van der Waals surface area contributed by atoms with Crippen molar-refractivity contribution in [2.75, 3.05) is 45.8 Å². The van der Waals surface area contributed by atoms with E-state index in [0.717, 1.165) is 31.4 Å². The van der Waals surface area contributed by atoms with Crippen molar-refractivity contribution in [3.05, 3.63) is 35.8 Å². The number of H-pyrrole nitrogens is 1. The van der Waals surface area contributed by atoms with Crippen LogP contribution in [0.5, 0.6) is 0 Å². The molecule has 0 atom stereocenters. The lowest BCUT2D eigenvalue weighted by Crippen LogP contribution is -2.51. The van der Waals surface area contributed by atoms with Crippen LogP contribution in [0.15, 0.2) is 24.3 Å². The van der Waals surface area contributed by atoms with E-state index in [1.807, 2.05) is 4.90 Å². The molecule has 2 fully saturated rings. The quantitative estimate of drug-likeness (QED) is 0.882. The molecule has 7 heteroatoms. The summed E-state index contributed by atoms with van der Waals surface area (Å²) in [6.45, 7) is 4.76. The largest absolute Gasteiger partial charge is 0.351 e. The topological polar surface area (TPSA) is 59.7 Å². The van der Waals surface area contributed by atoms with Gasteiger partial charge in [0.2, 0.25) is 5.91 Å². The highest BCUT2D eigenvalue weighted by atomic mass is 19.1. The summed E-state index contributed by atoms with van der Waals surface area (Å²) in [6, 6.07) is 6.16. The second-order valence-corrected chi connectivity index (χ2v) is 7.78. The number of halogens is 1. The van der Waals surface area contributed by atoms with Crippen molar-refractivity contribution in [2.45, 2.75) is 25.7 Å². The van der Waals surface area contributed by atoms with Gasteiger partial charge in [0.15, 0.2) is 0 Å². The number of amides is 2. The zero-order valence-corrected chi connectivity index (χ0v) is 16.1.